The summed E-state index contributed by atoms with van der Waals surface area (Å²) >= 11 is 0. The number of aromatic nitrogens is 4. The highest BCUT2D eigenvalue weighted by atomic mass is 16.5. The van der Waals surface area contributed by atoms with Crippen LogP contribution in [0.2, 0.25) is 0 Å². The van der Waals surface area contributed by atoms with Crippen LogP contribution < -0.4 is 10.4 Å². The number of methoxy groups -OCH3 is 1. The van der Waals surface area contributed by atoms with Crippen LogP contribution in [-0.2, 0) is 24.4 Å². The first-order chi connectivity index (χ1) is 19.6. The van der Waals surface area contributed by atoms with Crippen molar-refractivity contribution in [3.05, 3.63) is 108 Å². The third-order valence-corrected chi connectivity index (χ3v) is 6.95. The molecule has 10 nitrogen and oxygen atoms in total. The van der Waals surface area contributed by atoms with Crippen molar-refractivity contribution in [2.75, 3.05) is 18.7 Å². The van der Waals surface area contributed by atoms with E-state index >= 15 is 0 Å². The molecule has 0 saturated carbocycles. The van der Waals surface area contributed by atoms with Crippen LogP contribution in [0.25, 0.3) is 22.2 Å². The van der Waals surface area contributed by atoms with E-state index < -0.39 is 12.0 Å². The monoisotopic (exact) mass is 533 g/mol. The van der Waals surface area contributed by atoms with Gasteiger partial charge in [-0.25, -0.2) is 14.5 Å². The minimum atomic E-state index is -0.709. The Labute approximate surface area is 230 Å². The SMILES string of the molecule is COC(=O)N(NC(=O)c1c(CN2CCn3nncc3C2)c(-c2ccccc2)nc2ccccc12)c1ccccc1. The number of para-hydroxylation sites is 2. The van der Waals surface area contributed by atoms with Crippen LogP contribution in [0.15, 0.2) is 91.1 Å². The van der Waals surface area contributed by atoms with Crippen LogP contribution in [0.5, 0.6) is 0 Å². The van der Waals surface area contributed by atoms with Gasteiger partial charge in [0.2, 0.25) is 0 Å². The Morgan fingerprint density at radius 1 is 0.950 bits per heavy atom. The molecule has 0 aliphatic carbocycles. The third kappa shape index (κ3) is 4.87. The molecular weight excluding hydrogens is 506 g/mol. The molecule has 1 aliphatic heterocycles. The van der Waals surface area contributed by atoms with Gasteiger partial charge in [0.05, 0.1) is 48.0 Å². The van der Waals surface area contributed by atoms with Crippen LogP contribution in [0.4, 0.5) is 10.5 Å². The van der Waals surface area contributed by atoms with Gasteiger partial charge in [0.25, 0.3) is 5.91 Å². The number of nitrogens with one attached hydrogen (secondary N) is 1. The highest BCUT2D eigenvalue weighted by Gasteiger charge is 2.28. The summed E-state index contributed by atoms with van der Waals surface area (Å²) in [7, 11) is 1.28. The third-order valence-electron chi connectivity index (χ3n) is 6.95. The van der Waals surface area contributed by atoms with Gasteiger partial charge in [0.1, 0.15) is 0 Å². The van der Waals surface area contributed by atoms with Gasteiger partial charge in [0.15, 0.2) is 0 Å². The number of hydrogen-bond donors (Lipinski definition) is 1. The summed E-state index contributed by atoms with van der Waals surface area (Å²) in [6.45, 7) is 2.52. The van der Waals surface area contributed by atoms with E-state index in [-0.39, 0.29) is 0 Å². The molecule has 3 aromatic carbocycles. The lowest BCUT2D eigenvalue weighted by atomic mass is 9.95. The van der Waals surface area contributed by atoms with Crippen molar-refractivity contribution in [3.63, 3.8) is 0 Å². The second kappa shape index (κ2) is 11.0. The zero-order valence-electron chi connectivity index (χ0n) is 21.9. The predicted molar refractivity (Wildman–Crippen MR) is 150 cm³/mol. The molecule has 0 radical (unpaired) electrons. The van der Waals surface area contributed by atoms with Gasteiger partial charge >= 0.3 is 6.09 Å². The van der Waals surface area contributed by atoms with Crippen LogP contribution in [0.1, 0.15) is 21.6 Å². The van der Waals surface area contributed by atoms with E-state index in [2.05, 4.69) is 20.6 Å². The van der Waals surface area contributed by atoms with E-state index in [0.717, 1.165) is 28.4 Å². The van der Waals surface area contributed by atoms with Gasteiger partial charge in [-0.3, -0.25) is 15.1 Å². The fourth-order valence-corrected chi connectivity index (χ4v) is 5.03. The minimum absolute atomic E-state index is 0.441. The van der Waals surface area contributed by atoms with Crippen molar-refractivity contribution in [1.82, 2.24) is 30.3 Å². The number of rotatable bonds is 5. The standard InChI is InChI=1S/C30H27N7O3/c1-40-30(39)37(22-12-6-3-7-13-22)33-29(38)27-24-14-8-9-15-26(24)32-28(21-10-4-2-5-11-21)25(27)20-35-16-17-36-23(19-35)18-31-34-36/h2-15,18H,16-17,19-20H2,1H3,(H,33,38). The van der Waals surface area contributed by atoms with Gasteiger partial charge in [-0.1, -0.05) is 71.9 Å². The number of benzene rings is 3. The van der Waals surface area contributed by atoms with E-state index in [4.69, 9.17) is 9.72 Å². The van der Waals surface area contributed by atoms with Crippen molar-refractivity contribution < 1.29 is 14.3 Å². The average Bonchev–Trinajstić information content (AvgIpc) is 3.48. The van der Waals surface area contributed by atoms with Gasteiger partial charge in [0, 0.05) is 36.1 Å². The summed E-state index contributed by atoms with van der Waals surface area (Å²) in [5.74, 6) is -0.441. The first-order valence-electron chi connectivity index (χ1n) is 12.9. The molecule has 40 heavy (non-hydrogen) atoms. The molecule has 2 aromatic heterocycles. The Hall–Kier alpha value is -5.09. The number of carbonyl (C=O) groups is 2. The number of pyridine rings is 1. The van der Waals surface area contributed by atoms with Crippen LogP contribution in [0.3, 0.4) is 0 Å². The molecule has 3 heterocycles. The summed E-state index contributed by atoms with van der Waals surface area (Å²) in [5.41, 5.74) is 7.80. The van der Waals surface area contributed by atoms with Crippen LogP contribution >= 0.6 is 0 Å². The van der Waals surface area contributed by atoms with E-state index in [1.165, 1.54) is 7.11 Å². The molecule has 0 fully saturated rings. The van der Waals surface area contributed by atoms with Gasteiger partial charge in [-0.05, 0) is 18.2 Å². The topological polar surface area (TPSA) is 105 Å². The second-order valence-corrected chi connectivity index (χ2v) is 9.44. The van der Waals surface area contributed by atoms with Gasteiger partial charge in [-0.15, -0.1) is 5.10 Å². The molecule has 0 unspecified atom stereocenters. The quantitative estimate of drug-likeness (QED) is 0.333. The van der Waals surface area contributed by atoms with E-state index in [1.807, 2.05) is 65.3 Å². The summed E-state index contributed by atoms with van der Waals surface area (Å²) < 4.78 is 6.90. The molecule has 0 atom stereocenters. The molecule has 0 saturated heterocycles. The van der Waals surface area contributed by atoms with Crippen molar-refractivity contribution >= 4 is 28.6 Å². The van der Waals surface area contributed by atoms with Crippen LogP contribution in [-0.4, -0.2) is 50.5 Å². The van der Waals surface area contributed by atoms with E-state index in [1.54, 1.807) is 30.5 Å². The number of hydrazine groups is 1. The van der Waals surface area contributed by atoms with Crippen molar-refractivity contribution in [2.45, 2.75) is 19.6 Å². The number of ether oxygens (including phenoxy) is 1. The molecule has 1 N–H and O–H groups in total. The maximum atomic E-state index is 14.2. The van der Waals surface area contributed by atoms with Crippen molar-refractivity contribution in [3.8, 4) is 11.3 Å². The number of fused-ring (bicyclic) bond motifs is 2. The molecule has 0 bridgehead atoms. The molecule has 0 spiro atoms. The lowest BCUT2D eigenvalue weighted by Gasteiger charge is -2.29. The Balaban J connectivity index is 1.49. The Morgan fingerprint density at radius 3 is 2.45 bits per heavy atom. The molecule has 10 heteroatoms. The Morgan fingerprint density at radius 2 is 1.68 bits per heavy atom. The number of carbonyl (C=O) groups excluding carboxylic acids is 2. The summed E-state index contributed by atoms with van der Waals surface area (Å²) in [6, 6.07) is 26.2. The number of hydrogen-bond acceptors (Lipinski definition) is 7. The highest BCUT2D eigenvalue weighted by Crippen LogP contribution is 2.32. The molecule has 6 rings (SSSR count). The zero-order valence-corrected chi connectivity index (χ0v) is 21.9. The average molecular weight is 534 g/mol. The van der Waals surface area contributed by atoms with Crippen molar-refractivity contribution in [2.24, 2.45) is 0 Å². The predicted octanol–water partition coefficient (Wildman–Crippen LogP) is 4.43. The lowest BCUT2D eigenvalue weighted by molar-refractivity contribution is 0.0940. The molecule has 200 valence electrons. The van der Waals surface area contributed by atoms with E-state index in [0.29, 0.717) is 47.5 Å². The van der Waals surface area contributed by atoms with Gasteiger partial charge in [-0.2, -0.15) is 5.01 Å². The zero-order chi connectivity index (χ0) is 27.5. The van der Waals surface area contributed by atoms with Crippen molar-refractivity contribution in [1.29, 1.82) is 0 Å². The lowest BCUT2D eigenvalue weighted by Crippen LogP contribution is -2.47. The maximum absolute atomic E-state index is 14.2. The summed E-state index contributed by atoms with van der Waals surface area (Å²) in [4.78, 5) is 34.3. The summed E-state index contributed by atoms with van der Waals surface area (Å²) in [5, 5.41) is 10.0. The number of amides is 2. The largest absolute Gasteiger partial charge is 0.451 e. The fourth-order valence-electron chi connectivity index (χ4n) is 5.03. The van der Waals surface area contributed by atoms with Crippen LogP contribution in [0, 0.1) is 0 Å². The first kappa shape index (κ1) is 25.2. The minimum Gasteiger partial charge on any atom is -0.451 e. The Bertz CT molecular complexity index is 1670. The summed E-state index contributed by atoms with van der Waals surface area (Å²) in [6.07, 6.45) is 1.06. The molecular formula is C30H27N7O3. The molecule has 1 aliphatic rings. The number of nitrogens with zero attached hydrogens (tertiary/aromatic N) is 6. The molecule has 2 amide bonds. The first-order valence-corrected chi connectivity index (χ1v) is 12.9. The van der Waals surface area contributed by atoms with E-state index in [9.17, 15) is 9.59 Å². The van der Waals surface area contributed by atoms with Gasteiger partial charge < -0.3 is 4.74 Å². The number of anilines is 1. The second-order valence-electron chi connectivity index (χ2n) is 9.44. The normalized spacial score (nSPS) is 13.0. The maximum Gasteiger partial charge on any atom is 0.433 e. The highest BCUT2D eigenvalue weighted by molar-refractivity contribution is 6.10. The molecule has 5 aromatic rings. The Kier molecular flexibility index (Phi) is 6.90. The fraction of sp³-hybridized carbons (Fsp3) is 0.167. The smallest absolute Gasteiger partial charge is 0.433 e.